The first-order chi connectivity index (χ1) is 17.4. The van der Waals surface area contributed by atoms with Crippen molar-refractivity contribution in [3.05, 3.63) is 86.8 Å². The third kappa shape index (κ3) is 4.78. The molecule has 1 atom stereocenters. The van der Waals surface area contributed by atoms with E-state index in [4.69, 9.17) is 14.5 Å². The number of benzene rings is 2. The van der Waals surface area contributed by atoms with Crippen LogP contribution in [0, 0.1) is 0 Å². The van der Waals surface area contributed by atoms with Gasteiger partial charge in [-0.2, -0.15) is 0 Å². The molecule has 3 aromatic rings. The molecular formula is C28H29N3O4S. The van der Waals surface area contributed by atoms with Gasteiger partial charge in [-0.3, -0.25) is 9.59 Å². The fourth-order valence-electron chi connectivity index (χ4n) is 4.77. The standard InChI is InChI=1S/C28H29N3O4S/c1-16(2)36-28-30-26-25(27(33)31-28)23(24-19(29-26)10-7-11-20(24)32)18-12-13-21(34-3)22(14-18)35-15-17-8-5-4-6-9-17/h4-6,8-9,12-14,16,23H,7,10-11,15H2,1-3H3,(H2,29,30,31,33). The maximum Gasteiger partial charge on any atom is 0.257 e. The van der Waals surface area contributed by atoms with E-state index in [2.05, 4.69) is 24.1 Å². The van der Waals surface area contributed by atoms with Crippen molar-refractivity contribution in [3.8, 4) is 11.5 Å². The molecule has 0 amide bonds. The zero-order valence-electron chi connectivity index (χ0n) is 20.6. The molecule has 1 aliphatic heterocycles. The van der Waals surface area contributed by atoms with Crippen molar-refractivity contribution in [2.45, 2.75) is 56.0 Å². The molecule has 2 aliphatic rings. The van der Waals surface area contributed by atoms with Gasteiger partial charge in [-0.15, -0.1) is 0 Å². The number of H-pyrrole nitrogens is 1. The van der Waals surface area contributed by atoms with Crippen LogP contribution in [0.15, 0.2) is 69.8 Å². The molecule has 5 rings (SSSR count). The molecule has 8 heteroatoms. The Morgan fingerprint density at radius 1 is 1.08 bits per heavy atom. The largest absolute Gasteiger partial charge is 0.493 e. The third-order valence-corrected chi connectivity index (χ3v) is 7.23. The highest BCUT2D eigenvalue weighted by Gasteiger charge is 2.38. The number of rotatable bonds is 7. The van der Waals surface area contributed by atoms with Gasteiger partial charge in [0.25, 0.3) is 5.56 Å². The molecule has 7 nitrogen and oxygen atoms in total. The molecule has 0 spiro atoms. The van der Waals surface area contributed by atoms with Gasteiger partial charge in [0.2, 0.25) is 0 Å². The van der Waals surface area contributed by atoms with Crippen LogP contribution in [0.1, 0.15) is 55.7 Å². The summed E-state index contributed by atoms with van der Waals surface area (Å²) < 4.78 is 11.7. The Kier molecular flexibility index (Phi) is 6.87. The summed E-state index contributed by atoms with van der Waals surface area (Å²) in [7, 11) is 1.60. The summed E-state index contributed by atoms with van der Waals surface area (Å²) in [5, 5.41) is 4.15. The van der Waals surface area contributed by atoms with Gasteiger partial charge < -0.3 is 19.8 Å². The second-order valence-electron chi connectivity index (χ2n) is 9.21. The highest BCUT2D eigenvalue weighted by atomic mass is 32.2. The Balaban J connectivity index is 1.60. The average Bonchev–Trinajstić information content (AvgIpc) is 2.86. The minimum atomic E-state index is -0.539. The number of anilines is 1. The number of Topliss-reactive ketones (excluding diaryl/α,β-unsaturated/α-hetero) is 1. The molecule has 2 heterocycles. The van der Waals surface area contributed by atoms with Crippen molar-refractivity contribution in [1.29, 1.82) is 0 Å². The summed E-state index contributed by atoms with van der Waals surface area (Å²) in [4.78, 5) is 34.2. The van der Waals surface area contributed by atoms with Crippen molar-refractivity contribution >= 4 is 23.4 Å². The maximum atomic E-state index is 13.4. The number of allylic oxidation sites excluding steroid dienone is 2. The summed E-state index contributed by atoms with van der Waals surface area (Å²) in [5.41, 5.74) is 3.53. The second-order valence-corrected chi connectivity index (χ2v) is 10.8. The van der Waals surface area contributed by atoms with Gasteiger partial charge in [-0.05, 0) is 36.1 Å². The average molecular weight is 504 g/mol. The summed E-state index contributed by atoms with van der Waals surface area (Å²) in [6.45, 7) is 4.47. The summed E-state index contributed by atoms with van der Waals surface area (Å²) in [5.74, 6) is 1.18. The number of carbonyl (C=O) groups is 1. The van der Waals surface area contributed by atoms with Crippen LogP contribution in [0.3, 0.4) is 0 Å². The van der Waals surface area contributed by atoms with Crippen LogP contribution in [0.4, 0.5) is 5.82 Å². The monoisotopic (exact) mass is 503 g/mol. The summed E-state index contributed by atoms with van der Waals surface area (Å²) >= 11 is 1.50. The SMILES string of the molecule is COc1ccc(C2C3=C(CCCC3=O)Nc3nc(SC(C)C)[nH]c(=O)c32)cc1OCc1ccccc1. The number of nitrogens with one attached hydrogen (secondary N) is 2. The molecule has 2 N–H and O–H groups in total. The molecule has 2 aromatic carbocycles. The minimum Gasteiger partial charge on any atom is -0.493 e. The number of carbonyl (C=O) groups excluding carboxylic acids is 1. The fraction of sp³-hybridized carbons (Fsp3) is 0.321. The quantitative estimate of drug-likeness (QED) is 0.328. The number of nitrogens with zero attached hydrogens (tertiary/aromatic N) is 1. The molecule has 0 saturated carbocycles. The Morgan fingerprint density at radius 2 is 1.89 bits per heavy atom. The van der Waals surface area contributed by atoms with Gasteiger partial charge in [-0.25, -0.2) is 4.98 Å². The molecule has 1 aromatic heterocycles. The first kappa shape index (κ1) is 24.2. The molecule has 36 heavy (non-hydrogen) atoms. The number of aromatic amines is 1. The molecular weight excluding hydrogens is 474 g/mol. The normalized spacial score (nSPS) is 16.9. The lowest BCUT2D eigenvalue weighted by atomic mass is 9.76. The van der Waals surface area contributed by atoms with E-state index < -0.39 is 5.92 Å². The molecule has 1 unspecified atom stereocenters. The lowest BCUT2D eigenvalue weighted by molar-refractivity contribution is -0.116. The van der Waals surface area contributed by atoms with Crippen molar-refractivity contribution in [2.24, 2.45) is 0 Å². The van der Waals surface area contributed by atoms with E-state index in [1.165, 1.54) is 11.8 Å². The number of fused-ring (bicyclic) bond motifs is 1. The van der Waals surface area contributed by atoms with Gasteiger partial charge in [-0.1, -0.05) is 62.0 Å². The van der Waals surface area contributed by atoms with Crippen LogP contribution in [0.2, 0.25) is 0 Å². The van der Waals surface area contributed by atoms with Gasteiger partial charge in [0, 0.05) is 28.9 Å². The van der Waals surface area contributed by atoms with Crippen LogP contribution in [0.25, 0.3) is 0 Å². The van der Waals surface area contributed by atoms with Crippen molar-refractivity contribution < 1.29 is 14.3 Å². The number of ether oxygens (including phenoxy) is 2. The van der Waals surface area contributed by atoms with Crippen LogP contribution in [-0.4, -0.2) is 28.1 Å². The highest BCUT2D eigenvalue weighted by molar-refractivity contribution is 7.99. The number of thioether (sulfide) groups is 1. The molecule has 0 bridgehead atoms. The van der Waals surface area contributed by atoms with E-state index in [0.717, 1.165) is 29.7 Å². The van der Waals surface area contributed by atoms with E-state index in [0.29, 0.717) is 46.6 Å². The molecule has 0 saturated heterocycles. The van der Waals surface area contributed by atoms with Crippen LogP contribution in [-0.2, 0) is 11.4 Å². The molecule has 1 aliphatic carbocycles. The van der Waals surface area contributed by atoms with E-state index >= 15 is 0 Å². The van der Waals surface area contributed by atoms with Gasteiger partial charge >= 0.3 is 0 Å². The van der Waals surface area contributed by atoms with E-state index in [9.17, 15) is 9.59 Å². The Bertz CT molecular complexity index is 1380. The number of methoxy groups -OCH3 is 1. The lowest BCUT2D eigenvalue weighted by Gasteiger charge is -2.33. The maximum absolute atomic E-state index is 13.4. The Morgan fingerprint density at radius 3 is 2.64 bits per heavy atom. The van der Waals surface area contributed by atoms with Gasteiger partial charge in [0.1, 0.15) is 12.4 Å². The van der Waals surface area contributed by atoms with Crippen LogP contribution < -0.4 is 20.3 Å². The summed E-state index contributed by atoms with van der Waals surface area (Å²) in [6, 6.07) is 15.5. The number of hydrogen-bond acceptors (Lipinski definition) is 7. The third-order valence-electron chi connectivity index (χ3n) is 6.34. The predicted octanol–water partition coefficient (Wildman–Crippen LogP) is 5.42. The van der Waals surface area contributed by atoms with Crippen LogP contribution >= 0.6 is 11.8 Å². The van der Waals surface area contributed by atoms with Gasteiger partial charge in [0.15, 0.2) is 22.4 Å². The first-order valence-corrected chi connectivity index (χ1v) is 13.0. The molecule has 0 radical (unpaired) electrons. The number of hydrogen-bond donors (Lipinski definition) is 2. The first-order valence-electron chi connectivity index (χ1n) is 12.1. The zero-order valence-corrected chi connectivity index (χ0v) is 21.4. The smallest absolute Gasteiger partial charge is 0.257 e. The zero-order chi connectivity index (χ0) is 25.2. The van der Waals surface area contributed by atoms with Crippen molar-refractivity contribution in [3.63, 3.8) is 0 Å². The van der Waals surface area contributed by atoms with Crippen molar-refractivity contribution in [2.75, 3.05) is 12.4 Å². The van der Waals surface area contributed by atoms with Crippen LogP contribution in [0.5, 0.6) is 11.5 Å². The fourth-order valence-corrected chi connectivity index (χ4v) is 5.52. The Hall–Kier alpha value is -3.52. The predicted molar refractivity (Wildman–Crippen MR) is 141 cm³/mol. The lowest BCUT2D eigenvalue weighted by Crippen LogP contribution is -2.32. The van der Waals surface area contributed by atoms with E-state index in [-0.39, 0.29) is 16.6 Å². The molecule has 186 valence electrons. The number of ketones is 1. The van der Waals surface area contributed by atoms with E-state index in [1.54, 1.807) is 7.11 Å². The topological polar surface area (TPSA) is 93.3 Å². The van der Waals surface area contributed by atoms with Gasteiger partial charge in [0.05, 0.1) is 12.7 Å². The minimum absolute atomic E-state index is 0.0574. The van der Waals surface area contributed by atoms with Crippen molar-refractivity contribution in [1.82, 2.24) is 9.97 Å². The molecule has 0 fully saturated rings. The summed E-state index contributed by atoms with van der Waals surface area (Å²) in [6.07, 6.45) is 1.98. The highest BCUT2D eigenvalue weighted by Crippen LogP contribution is 2.45. The number of aromatic nitrogens is 2. The second kappa shape index (κ2) is 10.2. The van der Waals surface area contributed by atoms with E-state index in [1.807, 2.05) is 48.5 Å². The Labute approximate surface area is 214 Å².